The van der Waals surface area contributed by atoms with E-state index in [2.05, 4.69) is 51.0 Å². The molecule has 0 aliphatic heterocycles. The Hall–Kier alpha value is -1.22. The first-order valence-electron chi connectivity index (χ1n) is 5.25. The molecule has 74 valence electrons. The summed E-state index contributed by atoms with van der Waals surface area (Å²) in [7, 11) is 0. The second-order valence-electron chi connectivity index (χ2n) is 3.86. The van der Waals surface area contributed by atoms with E-state index in [4.69, 9.17) is 6.42 Å². The van der Waals surface area contributed by atoms with Gasteiger partial charge in [0.2, 0.25) is 0 Å². The molecular weight excluding hydrogens is 168 g/mol. The zero-order valence-corrected chi connectivity index (χ0v) is 9.25. The van der Waals surface area contributed by atoms with Crippen LogP contribution >= 0.6 is 0 Å². The Balaban J connectivity index is 2.84. The summed E-state index contributed by atoms with van der Waals surface area (Å²) in [4.78, 5) is 0. The highest BCUT2D eigenvalue weighted by molar-refractivity contribution is 5.30. The zero-order chi connectivity index (χ0) is 10.6. The molecule has 0 heteroatoms. The van der Waals surface area contributed by atoms with Gasteiger partial charge < -0.3 is 0 Å². The summed E-state index contributed by atoms with van der Waals surface area (Å²) in [6, 6.07) is 8.67. The minimum absolute atomic E-state index is 0.223. The Morgan fingerprint density at radius 1 is 1.14 bits per heavy atom. The lowest BCUT2D eigenvalue weighted by Gasteiger charge is -2.10. The van der Waals surface area contributed by atoms with Crippen LogP contribution in [0.3, 0.4) is 0 Å². The summed E-state index contributed by atoms with van der Waals surface area (Å²) in [5.41, 5.74) is 2.64. The van der Waals surface area contributed by atoms with Crippen LogP contribution in [0.15, 0.2) is 24.3 Å². The van der Waals surface area contributed by atoms with E-state index >= 15 is 0 Å². The van der Waals surface area contributed by atoms with Crippen LogP contribution in [0.1, 0.15) is 50.2 Å². The average molecular weight is 186 g/mol. The smallest absolute Gasteiger partial charge is 0.0421 e. The monoisotopic (exact) mass is 186 g/mol. The molecular formula is C14H18. The summed E-state index contributed by atoms with van der Waals surface area (Å²) in [5, 5.41) is 0. The maximum atomic E-state index is 5.38. The molecule has 1 aromatic rings. The Bertz CT molecular complexity index is 313. The van der Waals surface area contributed by atoms with Crippen molar-refractivity contribution in [2.45, 2.75) is 39.0 Å². The van der Waals surface area contributed by atoms with Crippen LogP contribution in [0, 0.1) is 12.3 Å². The summed E-state index contributed by atoms with van der Waals surface area (Å²) >= 11 is 0. The minimum Gasteiger partial charge on any atom is -0.119 e. The van der Waals surface area contributed by atoms with Crippen molar-refractivity contribution in [3.63, 3.8) is 0 Å². The van der Waals surface area contributed by atoms with Gasteiger partial charge in [-0.15, -0.1) is 6.42 Å². The number of hydrogen-bond donors (Lipinski definition) is 0. The van der Waals surface area contributed by atoms with Gasteiger partial charge in [-0.25, -0.2) is 0 Å². The number of terminal acetylenes is 1. The summed E-state index contributed by atoms with van der Waals surface area (Å²) < 4.78 is 0. The van der Waals surface area contributed by atoms with Gasteiger partial charge in [0.25, 0.3) is 0 Å². The van der Waals surface area contributed by atoms with Gasteiger partial charge in [0.1, 0.15) is 0 Å². The predicted molar refractivity (Wildman–Crippen MR) is 62.4 cm³/mol. The molecule has 0 spiro atoms. The lowest BCUT2D eigenvalue weighted by Crippen LogP contribution is -1.93. The van der Waals surface area contributed by atoms with Gasteiger partial charge in [-0.2, -0.15) is 0 Å². The topological polar surface area (TPSA) is 0 Å². The van der Waals surface area contributed by atoms with Crippen LogP contribution < -0.4 is 0 Å². The third-order valence-electron chi connectivity index (χ3n) is 2.87. The van der Waals surface area contributed by atoms with Crippen LogP contribution in [-0.2, 0) is 0 Å². The standard InChI is InChI=1S/C14H18/c1-5-11(3)13-7-9-14(10-8-13)12(4)6-2/h1,7-12H,6H2,2-4H3. The van der Waals surface area contributed by atoms with Gasteiger partial charge in [0.15, 0.2) is 0 Å². The summed E-state index contributed by atoms with van der Waals surface area (Å²) in [6.45, 7) is 6.51. The van der Waals surface area contributed by atoms with Crippen LogP contribution in [0.25, 0.3) is 0 Å². The fourth-order valence-corrected chi connectivity index (χ4v) is 1.45. The van der Waals surface area contributed by atoms with E-state index in [9.17, 15) is 0 Å². The quantitative estimate of drug-likeness (QED) is 0.627. The molecule has 0 aromatic heterocycles. The average Bonchev–Trinajstić information content (AvgIpc) is 2.27. The van der Waals surface area contributed by atoms with E-state index in [0.29, 0.717) is 5.92 Å². The summed E-state index contributed by atoms with van der Waals surface area (Å²) in [6.07, 6.45) is 6.56. The molecule has 0 heterocycles. The Morgan fingerprint density at radius 2 is 1.64 bits per heavy atom. The van der Waals surface area contributed by atoms with E-state index in [-0.39, 0.29) is 5.92 Å². The van der Waals surface area contributed by atoms with Crippen molar-refractivity contribution in [3.8, 4) is 12.3 Å². The van der Waals surface area contributed by atoms with E-state index in [1.807, 2.05) is 0 Å². The first-order valence-corrected chi connectivity index (χ1v) is 5.25. The second-order valence-corrected chi connectivity index (χ2v) is 3.86. The first kappa shape index (κ1) is 10.9. The van der Waals surface area contributed by atoms with Gasteiger partial charge in [0.05, 0.1) is 0 Å². The van der Waals surface area contributed by atoms with Gasteiger partial charge in [-0.3, -0.25) is 0 Å². The van der Waals surface area contributed by atoms with Gasteiger partial charge in [-0.05, 0) is 30.4 Å². The molecule has 1 aromatic carbocycles. The Morgan fingerprint density at radius 3 is 2.07 bits per heavy atom. The first-order chi connectivity index (χ1) is 6.69. The predicted octanol–water partition coefficient (Wildman–Crippen LogP) is 3.94. The van der Waals surface area contributed by atoms with E-state index in [1.54, 1.807) is 0 Å². The fourth-order valence-electron chi connectivity index (χ4n) is 1.45. The number of hydrogen-bond acceptors (Lipinski definition) is 0. The lowest BCUT2D eigenvalue weighted by molar-refractivity contribution is 0.733. The molecule has 0 saturated heterocycles. The van der Waals surface area contributed by atoms with Crippen LogP contribution in [0.4, 0.5) is 0 Å². The minimum atomic E-state index is 0.223. The number of rotatable bonds is 3. The molecule has 0 aliphatic rings. The van der Waals surface area contributed by atoms with Crippen LogP contribution in [0.2, 0.25) is 0 Å². The van der Waals surface area contributed by atoms with Crippen molar-refractivity contribution in [1.82, 2.24) is 0 Å². The molecule has 0 saturated carbocycles. The molecule has 0 amide bonds. The zero-order valence-electron chi connectivity index (χ0n) is 9.25. The third kappa shape index (κ3) is 2.39. The fraction of sp³-hybridized carbons (Fsp3) is 0.429. The molecule has 2 atom stereocenters. The Labute approximate surface area is 87.4 Å². The third-order valence-corrected chi connectivity index (χ3v) is 2.87. The maximum absolute atomic E-state index is 5.38. The van der Waals surface area contributed by atoms with Crippen LogP contribution in [-0.4, -0.2) is 0 Å². The maximum Gasteiger partial charge on any atom is 0.0421 e. The van der Waals surface area contributed by atoms with Crippen molar-refractivity contribution in [3.05, 3.63) is 35.4 Å². The molecule has 0 aliphatic carbocycles. The molecule has 0 radical (unpaired) electrons. The highest BCUT2D eigenvalue weighted by Gasteiger charge is 2.04. The lowest BCUT2D eigenvalue weighted by atomic mass is 9.94. The second kappa shape index (κ2) is 4.86. The van der Waals surface area contributed by atoms with E-state index in [1.165, 1.54) is 17.5 Å². The van der Waals surface area contributed by atoms with Crippen molar-refractivity contribution in [2.24, 2.45) is 0 Å². The van der Waals surface area contributed by atoms with Crippen molar-refractivity contribution >= 4 is 0 Å². The Kier molecular flexibility index (Phi) is 3.77. The normalized spacial score (nSPS) is 14.4. The highest BCUT2D eigenvalue weighted by atomic mass is 14.1. The molecule has 0 nitrogen and oxygen atoms in total. The van der Waals surface area contributed by atoms with Crippen LogP contribution in [0.5, 0.6) is 0 Å². The van der Waals surface area contributed by atoms with Crippen molar-refractivity contribution in [1.29, 1.82) is 0 Å². The van der Waals surface area contributed by atoms with E-state index in [0.717, 1.165) is 0 Å². The SMILES string of the molecule is C#CC(C)c1ccc(C(C)CC)cc1. The molecule has 2 unspecified atom stereocenters. The molecule has 1 rings (SSSR count). The van der Waals surface area contributed by atoms with Crippen molar-refractivity contribution in [2.75, 3.05) is 0 Å². The molecule has 14 heavy (non-hydrogen) atoms. The highest BCUT2D eigenvalue weighted by Crippen LogP contribution is 2.21. The van der Waals surface area contributed by atoms with Gasteiger partial charge in [0, 0.05) is 5.92 Å². The van der Waals surface area contributed by atoms with Crippen molar-refractivity contribution < 1.29 is 0 Å². The number of benzene rings is 1. The van der Waals surface area contributed by atoms with Gasteiger partial charge in [-0.1, -0.05) is 44.0 Å². The van der Waals surface area contributed by atoms with E-state index < -0.39 is 0 Å². The molecule has 0 N–H and O–H groups in total. The summed E-state index contributed by atoms with van der Waals surface area (Å²) in [5.74, 6) is 3.61. The largest absolute Gasteiger partial charge is 0.119 e. The molecule has 0 fully saturated rings. The van der Waals surface area contributed by atoms with Gasteiger partial charge >= 0.3 is 0 Å². The molecule has 0 bridgehead atoms.